The van der Waals surface area contributed by atoms with Crippen LogP contribution in [0.1, 0.15) is 9.67 Å². The molecule has 100 valence electrons. The van der Waals surface area contributed by atoms with Crippen LogP contribution in [0.15, 0.2) is 24.3 Å². The first-order valence-corrected chi connectivity index (χ1v) is 6.64. The van der Waals surface area contributed by atoms with Crippen LogP contribution in [-0.4, -0.2) is 29.2 Å². The second kappa shape index (κ2) is 6.01. The van der Waals surface area contributed by atoms with Crippen LogP contribution >= 0.6 is 22.9 Å². The number of ether oxygens (including phenoxy) is 1. The zero-order valence-electron chi connectivity index (χ0n) is 9.80. The predicted octanol–water partition coefficient (Wildman–Crippen LogP) is 2.50. The van der Waals surface area contributed by atoms with Gasteiger partial charge in [-0.2, -0.15) is 0 Å². The summed E-state index contributed by atoms with van der Waals surface area (Å²) in [7, 11) is 0. The van der Waals surface area contributed by atoms with Gasteiger partial charge in [0.25, 0.3) is 0 Å². The zero-order valence-corrected chi connectivity index (χ0v) is 11.4. The van der Waals surface area contributed by atoms with Gasteiger partial charge >= 0.3 is 5.97 Å². The summed E-state index contributed by atoms with van der Waals surface area (Å²) in [4.78, 5) is 15.4. The predicted molar refractivity (Wildman–Crippen MR) is 74.1 cm³/mol. The molecule has 19 heavy (non-hydrogen) atoms. The van der Waals surface area contributed by atoms with Crippen molar-refractivity contribution >= 4 is 28.9 Å². The summed E-state index contributed by atoms with van der Waals surface area (Å²) in [5.74, 6) is -0.961. The molecular weight excluding hydrogens is 288 g/mol. The van der Waals surface area contributed by atoms with E-state index >= 15 is 0 Å². The van der Waals surface area contributed by atoms with Crippen LogP contribution in [0.3, 0.4) is 0 Å². The first-order valence-electron chi connectivity index (χ1n) is 5.44. The average molecular weight is 299 g/mol. The fraction of sp³-hybridized carbons (Fsp3) is 0.167. The molecular formula is C12H11ClN2O3S. The van der Waals surface area contributed by atoms with Gasteiger partial charge in [-0.15, -0.1) is 11.3 Å². The second-order valence-electron chi connectivity index (χ2n) is 3.60. The van der Waals surface area contributed by atoms with Gasteiger partial charge in [0.1, 0.15) is 11.6 Å². The second-order valence-corrected chi connectivity index (χ2v) is 5.04. The van der Waals surface area contributed by atoms with Crippen molar-refractivity contribution in [1.29, 1.82) is 0 Å². The molecule has 0 saturated carbocycles. The van der Waals surface area contributed by atoms with Crippen LogP contribution in [0.25, 0.3) is 10.6 Å². The highest BCUT2D eigenvalue weighted by molar-refractivity contribution is 7.17. The van der Waals surface area contributed by atoms with Gasteiger partial charge in [-0.05, 0) is 12.1 Å². The first kappa shape index (κ1) is 13.8. The van der Waals surface area contributed by atoms with Gasteiger partial charge in [0.2, 0.25) is 5.88 Å². The minimum Gasteiger partial charge on any atom is -0.477 e. The fourth-order valence-corrected chi connectivity index (χ4v) is 2.39. The van der Waals surface area contributed by atoms with Gasteiger partial charge in [-0.1, -0.05) is 23.7 Å². The standard InChI is InChI=1S/C12H11ClN2O3S/c13-8-3-1-7(2-4-8)11-15-10(18-6-5-14)9(19-11)12(16)17/h1-4H,5-6,14H2,(H,16,17). The smallest absolute Gasteiger partial charge is 0.351 e. The van der Waals surface area contributed by atoms with Gasteiger partial charge < -0.3 is 15.6 Å². The van der Waals surface area contributed by atoms with E-state index in [2.05, 4.69) is 4.98 Å². The van der Waals surface area contributed by atoms with E-state index in [0.717, 1.165) is 16.9 Å². The zero-order chi connectivity index (χ0) is 13.8. The number of aromatic nitrogens is 1. The molecule has 7 heteroatoms. The summed E-state index contributed by atoms with van der Waals surface area (Å²) in [6, 6.07) is 7.00. The Kier molecular flexibility index (Phi) is 4.36. The highest BCUT2D eigenvalue weighted by Crippen LogP contribution is 2.33. The Morgan fingerprint density at radius 1 is 1.42 bits per heavy atom. The minimum absolute atomic E-state index is 0.0680. The molecule has 0 aliphatic carbocycles. The summed E-state index contributed by atoms with van der Waals surface area (Å²) in [5.41, 5.74) is 6.12. The molecule has 0 radical (unpaired) electrons. The molecule has 0 aliphatic heterocycles. The van der Waals surface area contributed by atoms with Crippen LogP contribution in [0.5, 0.6) is 5.88 Å². The first-order chi connectivity index (χ1) is 9.11. The maximum atomic E-state index is 11.1. The number of hydrogen-bond acceptors (Lipinski definition) is 5. The largest absolute Gasteiger partial charge is 0.477 e. The Hall–Kier alpha value is -1.63. The van der Waals surface area contributed by atoms with Gasteiger partial charge in [-0.25, -0.2) is 9.78 Å². The van der Waals surface area contributed by atoms with Crippen molar-refractivity contribution in [3.05, 3.63) is 34.2 Å². The average Bonchev–Trinajstić information content (AvgIpc) is 2.81. The number of rotatable bonds is 5. The lowest BCUT2D eigenvalue weighted by atomic mass is 10.2. The number of carboxylic acids is 1. The summed E-state index contributed by atoms with van der Waals surface area (Å²) >= 11 is 6.86. The van der Waals surface area contributed by atoms with Crippen molar-refractivity contribution in [2.45, 2.75) is 0 Å². The van der Waals surface area contributed by atoms with Crippen molar-refractivity contribution in [2.24, 2.45) is 5.73 Å². The lowest BCUT2D eigenvalue weighted by molar-refractivity contribution is 0.0697. The molecule has 1 aromatic heterocycles. The van der Waals surface area contributed by atoms with E-state index in [0.29, 0.717) is 16.6 Å². The molecule has 2 rings (SSSR count). The molecule has 1 heterocycles. The summed E-state index contributed by atoms with van der Waals surface area (Å²) in [5, 5.41) is 10.3. The van der Waals surface area contributed by atoms with Crippen molar-refractivity contribution < 1.29 is 14.6 Å². The Morgan fingerprint density at radius 3 is 2.68 bits per heavy atom. The van der Waals surface area contributed by atoms with Crippen LogP contribution in [0.4, 0.5) is 0 Å². The number of benzene rings is 1. The van der Waals surface area contributed by atoms with E-state index in [1.807, 2.05) is 0 Å². The molecule has 5 nitrogen and oxygen atoms in total. The number of thiazole rings is 1. The lowest BCUT2D eigenvalue weighted by Gasteiger charge is -2.00. The lowest BCUT2D eigenvalue weighted by Crippen LogP contribution is -2.12. The third-order valence-corrected chi connectivity index (χ3v) is 3.56. The summed E-state index contributed by atoms with van der Waals surface area (Å²) in [6.45, 7) is 0.525. The number of nitrogens with two attached hydrogens (primary N) is 1. The third-order valence-electron chi connectivity index (χ3n) is 2.24. The number of carbonyl (C=O) groups is 1. The number of aromatic carboxylic acids is 1. The van der Waals surface area contributed by atoms with Crippen LogP contribution < -0.4 is 10.5 Å². The van der Waals surface area contributed by atoms with Gasteiger partial charge in [-0.3, -0.25) is 0 Å². The van der Waals surface area contributed by atoms with E-state index in [9.17, 15) is 4.79 Å². The molecule has 0 aliphatic rings. The Bertz CT molecular complexity index is 583. The highest BCUT2D eigenvalue weighted by atomic mass is 35.5. The molecule has 0 atom stereocenters. The maximum Gasteiger partial charge on any atom is 0.351 e. The summed E-state index contributed by atoms with van der Waals surface area (Å²) in [6.07, 6.45) is 0. The minimum atomic E-state index is -1.07. The SMILES string of the molecule is NCCOc1nc(-c2ccc(Cl)cc2)sc1C(=O)O. The van der Waals surface area contributed by atoms with E-state index in [1.54, 1.807) is 24.3 Å². The quantitative estimate of drug-likeness (QED) is 0.886. The monoisotopic (exact) mass is 298 g/mol. The molecule has 0 spiro atoms. The summed E-state index contributed by atoms with van der Waals surface area (Å²) < 4.78 is 5.24. The van der Waals surface area contributed by atoms with Gasteiger partial charge in [0, 0.05) is 17.1 Å². The fourth-order valence-electron chi connectivity index (χ4n) is 1.41. The van der Waals surface area contributed by atoms with Crippen molar-refractivity contribution in [2.75, 3.05) is 13.2 Å². The van der Waals surface area contributed by atoms with Crippen molar-refractivity contribution in [3.8, 4) is 16.5 Å². The molecule has 0 amide bonds. The van der Waals surface area contributed by atoms with E-state index in [4.69, 9.17) is 27.2 Å². The van der Waals surface area contributed by atoms with Crippen LogP contribution in [0, 0.1) is 0 Å². The number of halogens is 1. The van der Waals surface area contributed by atoms with Crippen molar-refractivity contribution in [1.82, 2.24) is 4.98 Å². The van der Waals surface area contributed by atoms with E-state index in [-0.39, 0.29) is 17.4 Å². The Morgan fingerprint density at radius 2 is 2.11 bits per heavy atom. The number of nitrogens with zero attached hydrogens (tertiary/aromatic N) is 1. The molecule has 3 N–H and O–H groups in total. The number of carboxylic acid groups (broad SMARTS) is 1. The van der Waals surface area contributed by atoms with Gasteiger partial charge in [0.05, 0.1) is 0 Å². The van der Waals surface area contributed by atoms with Gasteiger partial charge in [0.15, 0.2) is 4.88 Å². The molecule has 2 aromatic rings. The topological polar surface area (TPSA) is 85.4 Å². The van der Waals surface area contributed by atoms with Crippen LogP contribution in [-0.2, 0) is 0 Å². The molecule has 1 aromatic carbocycles. The van der Waals surface area contributed by atoms with Crippen LogP contribution in [0.2, 0.25) is 5.02 Å². The number of hydrogen-bond donors (Lipinski definition) is 2. The Labute approximate surface area is 118 Å². The van der Waals surface area contributed by atoms with E-state index in [1.165, 1.54) is 0 Å². The van der Waals surface area contributed by atoms with E-state index < -0.39 is 5.97 Å². The normalized spacial score (nSPS) is 10.4. The Balaban J connectivity index is 2.36. The molecule has 0 saturated heterocycles. The maximum absolute atomic E-state index is 11.1. The molecule has 0 fully saturated rings. The highest BCUT2D eigenvalue weighted by Gasteiger charge is 2.19. The molecule has 0 bridgehead atoms. The third kappa shape index (κ3) is 3.23. The molecule has 0 unspecified atom stereocenters. The van der Waals surface area contributed by atoms with Crippen molar-refractivity contribution in [3.63, 3.8) is 0 Å².